The summed E-state index contributed by atoms with van der Waals surface area (Å²) in [7, 11) is 4.95. The molecule has 4 aromatic carbocycles. The minimum Gasteiger partial charge on any atom is -0.497 e. The molecule has 0 saturated heterocycles. The highest BCUT2D eigenvalue weighted by Gasteiger charge is 2.10. The van der Waals surface area contributed by atoms with Crippen LogP contribution in [0.25, 0.3) is 21.9 Å². The van der Waals surface area contributed by atoms with E-state index >= 15 is 0 Å². The van der Waals surface area contributed by atoms with Crippen LogP contribution in [-0.2, 0) is 11.4 Å². The van der Waals surface area contributed by atoms with Crippen molar-refractivity contribution in [3.8, 4) is 28.4 Å². The molecule has 0 aliphatic rings. The Hall–Kier alpha value is -4.07. The number of hydrogen-bond acceptors (Lipinski definition) is 6. The van der Waals surface area contributed by atoms with E-state index in [1.165, 1.54) is 0 Å². The maximum Gasteiger partial charge on any atom is 0.211 e. The van der Waals surface area contributed by atoms with E-state index in [2.05, 4.69) is 34.8 Å². The molecule has 4 N–H and O–H groups in total. The molecule has 7 nitrogen and oxygen atoms in total. The first-order chi connectivity index (χ1) is 17.0. The second-order valence-corrected chi connectivity index (χ2v) is 7.73. The van der Waals surface area contributed by atoms with Crippen LogP contribution < -0.4 is 30.8 Å². The van der Waals surface area contributed by atoms with E-state index in [0.717, 1.165) is 56.0 Å². The number of nitrogens with two attached hydrogens (primary N) is 1. The fourth-order valence-electron chi connectivity index (χ4n) is 3.77. The highest BCUT2D eigenvalue weighted by Crippen LogP contribution is 2.35. The molecule has 0 bridgehead atoms. The number of carbonyl (C=O) groups is 1. The summed E-state index contributed by atoms with van der Waals surface area (Å²) < 4.78 is 17.0. The van der Waals surface area contributed by atoms with E-state index in [9.17, 15) is 4.79 Å². The second-order valence-electron chi connectivity index (χ2n) is 7.73. The van der Waals surface area contributed by atoms with Crippen molar-refractivity contribution >= 4 is 22.9 Å². The minimum absolute atomic E-state index is 0.361. The van der Waals surface area contributed by atoms with Crippen LogP contribution in [0.1, 0.15) is 11.1 Å². The summed E-state index contributed by atoms with van der Waals surface area (Å²) in [6.45, 7) is 2.37. The smallest absolute Gasteiger partial charge is 0.211 e. The first-order valence-corrected chi connectivity index (χ1v) is 11.1. The summed E-state index contributed by atoms with van der Waals surface area (Å²) in [5.74, 6) is 6.87. The lowest BCUT2D eigenvalue weighted by Crippen LogP contribution is -2.13. The molecule has 0 spiro atoms. The number of ether oxygens (including phenoxy) is 3. The van der Waals surface area contributed by atoms with E-state index in [1.54, 1.807) is 21.3 Å². The Morgan fingerprint density at radius 3 is 2.34 bits per heavy atom. The molecule has 0 radical (unpaired) electrons. The van der Waals surface area contributed by atoms with Gasteiger partial charge >= 0.3 is 0 Å². The van der Waals surface area contributed by atoms with Gasteiger partial charge in [0.2, 0.25) is 6.41 Å². The zero-order valence-corrected chi connectivity index (χ0v) is 20.4. The summed E-state index contributed by atoms with van der Waals surface area (Å²) in [6, 6.07) is 23.9. The van der Waals surface area contributed by atoms with Gasteiger partial charge in [-0.3, -0.25) is 16.1 Å². The molecule has 7 heteroatoms. The van der Waals surface area contributed by atoms with Gasteiger partial charge in [0.05, 0.1) is 14.2 Å². The van der Waals surface area contributed by atoms with Gasteiger partial charge in [-0.2, -0.15) is 0 Å². The number of anilines is 1. The first kappa shape index (κ1) is 25.6. The van der Waals surface area contributed by atoms with Gasteiger partial charge < -0.3 is 19.5 Å². The SMILES string of the molecule is CNN.COc1ccc(-c2ccc3ccc(OCc4c(C)cccc4NC=O)cc3c2)c(OC)c1. The molecule has 0 atom stereocenters. The predicted molar refractivity (Wildman–Crippen MR) is 141 cm³/mol. The third-order valence-electron chi connectivity index (χ3n) is 5.54. The number of carbonyl (C=O) groups excluding carboxylic acids is 1. The third-order valence-corrected chi connectivity index (χ3v) is 5.54. The molecule has 0 aliphatic carbocycles. The molecule has 0 aromatic heterocycles. The lowest BCUT2D eigenvalue weighted by Gasteiger charge is -2.14. The monoisotopic (exact) mass is 473 g/mol. The molecule has 182 valence electrons. The molecule has 4 rings (SSSR count). The minimum atomic E-state index is 0.361. The number of fused-ring (bicyclic) bond motifs is 1. The molecule has 0 aliphatic heterocycles. The first-order valence-electron chi connectivity index (χ1n) is 11.1. The Bertz CT molecular complexity index is 1290. The molecule has 35 heavy (non-hydrogen) atoms. The standard InChI is InChI=1S/C27H25NO4.CH6N2/c1-18-5-4-6-26(28-17-29)25(18)16-32-23-10-9-19-7-8-20(13-21(19)14-23)24-12-11-22(30-2)15-27(24)31-3;1-3-2/h4-15,17H,16H2,1-3H3,(H,28,29);3H,2H2,1H3. The van der Waals surface area contributed by atoms with Crippen LogP contribution in [0.2, 0.25) is 0 Å². The largest absolute Gasteiger partial charge is 0.497 e. The Kier molecular flexibility index (Phi) is 9.06. The highest BCUT2D eigenvalue weighted by molar-refractivity contribution is 5.89. The number of amides is 1. The molecule has 0 saturated carbocycles. The van der Waals surface area contributed by atoms with E-state index < -0.39 is 0 Å². The Labute approximate surface area is 205 Å². The van der Waals surface area contributed by atoms with Crippen LogP contribution in [0.15, 0.2) is 72.8 Å². The number of benzene rings is 4. The predicted octanol–water partition coefficient (Wildman–Crippen LogP) is 5.06. The quantitative estimate of drug-likeness (QED) is 0.188. The maximum absolute atomic E-state index is 10.9. The van der Waals surface area contributed by atoms with Gasteiger partial charge in [0.15, 0.2) is 0 Å². The summed E-state index contributed by atoms with van der Waals surface area (Å²) in [5, 5.41) is 4.93. The van der Waals surface area contributed by atoms with Crippen LogP contribution in [0.4, 0.5) is 5.69 Å². The number of methoxy groups -OCH3 is 2. The van der Waals surface area contributed by atoms with Gasteiger partial charge in [-0.15, -0.1) is 0 Å². The number of hydrogen-bond donors (Lipinski definition) is 3. The number of nitrogens with one attached hydrogen (secondary N) is 2. The molecule has 0 fully saturated rings. The van der Waals surface area contributed by atoms with Gasteiger partial charge in [0.1, 0.15) is 23.9 Å². The number of aryl methyl sites for hydroxylation is 1. The molecule has 0 unspecified atom stereocenters. The Balaban J connectivity index is 0.00000108. The van der Waals surface area contributed by atoms with Crippen molar-refractivity contribution in [3.05, 3.63) is 83.9 Å². The van der Waals surface area contributed by atoms with Crippen LogP contribution in [0.3, 0.4) is 0 Å². The van der Waals surface area contributed by atoms with E-state index in [-0.39, 0.29) is 0 Å². The lowest BCUT2D eigenvalue weighted by atomic mass is 10.00. The van der Waals surface area contributed by atoms with Crippen molar-refractivity contribution in [3.63, 3.8) is 0 Å². The van der Waals surface area contributed by atoms with Crippen LogP contribution in [0.5, 0.6) is 17.2 Å². The molecular formula is C28H31N3O4. The molecule has 0 heterocycles. The van der Waals surface area contributed by atoms with Gasteiger partial charge in [-0.1, -0.05) is 30.3 Å². The van der Waals surface area contributed by atoms with Crippen LogP contribution >= 0.6 is 0 Å². The fraction of sp³-hybridized carbons (Fsp3) is 0.179. The zero-order chi connectivity index (χ0) is 25.2. The topological polar surface area (TPSA) is 94.8 Å². The average Bonchev–Trinajstić information content (AvgIpc) is 2.88. The van der Waals surface area contributed by atoms with E-state index in [0.29, 0.717) is 13.0 Å². The average molecular weight is 474 g/mol. The Morgan fingerprint density at radius 2 is 1.63 bits per heavy atom. The summed E-state index contributed by atoms with van der Waals surface area (Å²) >= 11 is 0. The number of hydrazine groups is 1. The fourth-order valence-corrected chi connectivity index (χ4v) is 3.77. The summed E-state index contributed by atoms with van der Waals surface area (Å²) in [6.07, 6.45) is 0.684. The zero-order valence-electron chi connectivity index (χ0n) is 20.4. The van der Waals surface area contributed by atoms with Crippen molar-refractivity contribution in [2.45, 2.75) is 13.5 Å². The summed E-state index contributed by atoms with van der Waals surface area (Å²) in [4.78, 5) is 10.9. The van der Waals surface area contributed by atoms with Gasteiger partial charge in [-0.05, 0) is 72.3 Å². The third kappa shape index (κ3) is 6.29. The normalized spacial score (nSPS) is 10.2. The van der Waals surface area contributed by atoms with E-state index in [1.807, 2.05) is 61.5 Å². The van der Waals surface area contributed by atoms with Gasteiger partial charge in [0, 0.05) is 22.9 Å². The van der Waals surface area contributed by atoms with Crippen molar-refractivity contribution < 1.29 is 19.0 Å². The maximum atomic E-state index is 10.9. The van der Waals surface area contributed by atoms with Gasteiger partial charge in [-0.25, -0.2) is 0 Å². The Morgan fingerprint density at radius 1 is 0.886 bits per heavy atom. The molecule has 1 amide bonds. The molecule has 4 aromatic rings. The molecular weight excluding hydrogens is 442 g/mol. The van der Waals surface area contributed by atoms with Crippen LogP contribution in [0, 0.1) is 6.92 Å². The van der Waals surface area contributed by atoms with E-state index in [4.69, 9.17) is 14.2 Å². The van der Waals surface area contributed by atoms with Crippen molar-refractivity contribution in [2.24, 2.45) is 5.84 Å². The summed E-state index contributed by atoms with van der Waals surface area (Å²) in [5.41, 5.74) is 7.06. The lowest BCUT2D eigenvalue weighted by molar-refractivity contribution is -0.105. The van der Waals surface area contributed by atoms with Crippen LogP contribution in [-0.4, -0.2) is 27.7 Å². The van der Waals surface area contributed by atoms with Crippen molar-refractivity contribution in [2.75, 3.05) is 26.6 Å². The van der Waals surface area contributed by atoms with Crippen molar-refractivity contribution in [1.29, 1.82) is 0 Å². The van der Waals surface area contributed by atoms with Gasteiger partial charge in [0.25, 0.3) is 0 Å². The second kappa shape index (κ2) is 12.4. The van der Waals surface area contributed by atoms with Crippen molar-refractivity contribution in [1.82, 2.24) is 5.43 Å². The highest BCUT2D eigenvalue weighted by atomic mass is 16.5. The number of rotatable bonds is 8.